The summed E-state index contributed by atoms with van der Waals surface area (Å²) in [4.78, 5) is 15.9. The van der Waals surface area contributed by atoms with E-state index in [-0.39, 0.29) is 12.5 Å². The molecule has 0 saturated heterocycles. The Balaban J connectivity index is 1.76. The Morgan fingerprint density at radius 2 is 2.42 bits per heavy atom. The zero-order valence-corrected chi connectivity index (χ0v) is 10.0. The monoisotopic (exact) mass is 260 g/mol. The summed E-state index contributed by atoms with van der Waals surface area (Å²) in [5, 5.41) is 9.53. The van der Waals surface area contributed by atoms with Crippen LogP contribution in [0.3, 0.4) is 0 Å². The number of para-hydroxylation sites is 1. The lowest BCUT2D eigenvalue weighted by Crippen LogP contribution is -2.26. The number of aromatic nitrogens is 2. The lowest BCUT2D eigenvalue weighted by Gasteiger charge is -2.21. The van der Waals surface area contributed by atoms with E-state index in [0.29, 0.717) is 23.7 Å². The Bertz CT molecular complexity index is 583. The van der Waals surface area contributed by atoms with Crippen molar-refractivity contribution >= 4 is 11.6 Å². The van der Waals surface area contributed by atoms with Gasteiger partial charge in [0.15, 0.2) is 11.6 Å². The standard InChI is InChI=1S/C12H12N4O3/c17-12(14-6-10-15-7-19-16-10)8-2-1-3-9-11(8)18-5-4-13-9/h1-3,7,13H,4-6H2,(H,14,17). The minimum absolute atomic E-state index is 0.215. The number of carbonyl (C=O) groups excluding carboxylic acids is 1. The molecule has 1 aliphatic rings. The number of hydrogen-bond acceptors (Lipinski definition) is 6. The summed E-state index contributed by atoms with van der Waals surface area (Å²) in [6.07, 6.45) is 1.22. The van der Waals surface area contributed by atoms with E-state index >= 15 is 0 Å². The molecule has 7 heteroatoms. The van der Waals surface area contributed by atoms with Crippen LogP contribution in [-0.4, -0.2) is 29.2 Å². The minimum Gasteiger partial charge on any atom is -0.489 e. The van der Waals surface area contributed by atoms with E-state index in [1.165, 1.54) is 6.39 Å². The summed E-state index contributed by atoms with van der Waals surface area (Å²) in [5.74, 6) is 0.780. The summed E-state index contributed by atoms with van der Waals surface area (Å²) in [6.45, 7) is 1.50. The SMILES string of the molecule is O=C(NCc1ncon1)c1cccc2c1OCCN2. The van der Waals surface area contributed by atoms with Gasteiger partial charge in [0.1, 0.15) is 6.61 Å². The largest absolute Gasteiger partial charge is 0.489 e. The molecule has 1 aliphatic heterocycles. The molecule has 19 heavy (non-hydrogen) atoms. The maximum Gasteiger partial charge on any atom is 0.255 e. The van der Waals surface area contributed by atoms with Crippen LogP contribution in [-0.2, 0) is 6.54 Å². The van der Waals surface area contributed by atoms with Gasteiger partial charge in [0, 0.05) is 6.54 Å². The first-order valence-electron chi connectivity index (χ1n) is 5.88. The van der Waals surface area contributed by atoms with Gasteiger partial charge >= 0.3 is 0 Å². The van der Waals surface area contributed by atoms with Crippen molar-refractivity contribution < 1.29 is 14.1 Å². The number of rotatable bonds is 3. The molecule has 1 aromatic heterocycles. The van der Waals surface area contributed by atoms with E-state index in [2.05, 4.69) is 25.3 Å². The quantitative estimate of drug-likeness (QED) is 0.848. The Morgan fingerprint density at radius 1 is 1.47 bits per heavy atom. The first-order chi connectivity index (χ1) is 9.34. The van der Waals surface area contributed by atoms with Crippen LogP contribution in [0.4, 0.5) is 5.69 Å². The van der Waals surface area contributed by atoms with Crippen molar-refractivity contribution in [1.82, 2.24) is 15.5 Å². The van der Waals surface area contributed by atoms with Crippen molar-refractivity contribution in [3.05, 3.63) is 36.0 Å². The molecule has 0 aliphatic carbocycles. The molecule has 0 atom stereocenters. The third kappa shape index (κ3) is 2.35. The Morgan fingerprint density at radius 3 is 3.26 bits per heavy atom. The maximum atomic E-state index is 12.1. The van der Waals surface area contributed by atoms with Gasteiger partial charge in [0.25, 0.3) is 5.91 Å². The van der Waals surface area contributed by atoms with Crippen LogP contribution < -0.4 is 15.4 Å². The number of benzene rings is 1. The second-order valence-electron chi connectivity index (χ2n) is 3.99. The highest BCUT2D eigenvalue weighted by Gasteiger charge is 2.18. The number of ether oxygens (including phenoxy) is 1. The zero-order chi connectivity index (χ0) is 13.1. The molecular weight excluding hydrogens is 248 g/mol. The molecule has 0 radical (unpaired) electrons. The lowest BCUT2D eigenvalue weighted by atomic mass is 10.1. The zero-order valence-electron chi connectivity index (χ0n) is 10.0. The second-order valence-corrected chi connectivity index (χ2v) is 3.99. The molecule has 2 heterocycles. The summed E-state index contributed by atoms with van der Waals surface area (Å²) in [6, 6.07) is 5.41. The molecule has 0 saturated carbocycles. The van der Waals surface area contributed by atoms with E-state index in [0.717, 1.165) is 12.2 Å². The van der Waals surface area contributed by atoms with Crippen LogP contribution in [0, 0.1) is 0 Å². The molecule has 3 rings (SSSR count). The Hall–Kier alpha value is -2.57. The van der Waals surface area contributed by atoms with Gasteiger partial charge in [-0.1, -0.05) is 11.2 Å². The maximum absolute atomic E-state index is 12.1. The number of nitrogens with one attached hydrogen (secondary N) is 2. The fourth-order valence-electron chi connectivity index (χ4n) is 1.87. The van der Waals surface area contributed by atoms with Crippen molar-refractivity contribution in [3.8, 4) is 5.75 Å². The van der Waals surface area contributed by atoms with E-state index in [1.807, 2.05) is 12.1 Å². The number of amides is 1. The molecule has 0 fully saturated rings. The average molecular weight is 260 g/mol. The van der Waals surface area contributed by atoms with Gasteiger partial charge in [0.2, 0.25) is 6.39 Å². The van der Waals surface area contributed by atoms with E-state index in [9.17, 15) is 4.79 Å². The van der Waals surface area contributed by atoms with Crippen LogP contribution >= 0.6 is 0 Å². The fourth-order valence-corrected chi connectivity index (χ4v) is 1.87. The number of carbonyl (C=O) groups is 1. The van der Waals surface area contributed by atoms with Gasteiger partial charge in [-0.15, -0.1) is 0 Å². The smallest absolute Gasteiger partial charge is 0.255 e. The van der Waals surface area contributed by atoms with Crippen LogP contribution in [0.2, 0.25) is 0 Å². The molecule has 2 N–H and O–H groups in total. The molecule has 0 bridgehead atoms. The van der Waals surface area contributed by atoms with Crippen molar-refractivity contribution in [3.63, 3.8) is 0 Å². The molecule has 0 spiro atoms. The van der Waals surface area contributed by atoms with Gasteiger partial charge in [-0.25, -0.2) is 0 Å². The average Bonchev–Trinajstić information content (AvgIpc) is 2.97. The number of anilines is 1. The molecular formula is C12H12N4O3. The highest BCUT2D eigenvalue weighted by molar-refractivity contribution is 5.98. The van der Waals surface area contributed by atoms with Gasteiger partial charge < -0.3 is 19.9 Å². The third-order valence-electron chi connectivity index (χ3n) is 2.74. The van der Waals surface area contributed by atoms with Crippen molar-refractivity contribution in [2.45, 2.75) is 6.54 Å². The van der Waals surface area contributed by atoms with Crippen LogP contribution in [0.5, 0.6) is 5.75 Å². The second kappa shape index (κ2) is 4.97. The Kier molecular flexibility index (Phi) is 3.01. The highest BCUT2D eigenvalue weighted by atomic mass is 16.5. The van der Waals surface area contributed by atoms with E-state index in [1.54, 1.807) is 6.07 Å². The van der Waals surface area contributed by atoms with Gasteiger partial charge in [-0.05, 0) is 12.1 Å². The molecule has 7 nitrogen and oxygen atoms in total. The topological polar surface area (TPSA) is 89.3 Å². The van der Waals surface area contributed by atoms with Gasteiger partial charge in [-0.2, -0.15) is 4.98 Å². The van der Waals surface area contributed by atoms with Crippen molar-refractivity contribution in [2.24, 2.45) is 0 Å². The first-order valence-corrected chi connectivity index (χ1v) is 5.88. The molecule has 1 amide bonds. The normalized spacial score (nSPS) is 13.1. The predicted octanol–water partition coefficient (Wildman–Crippen LogP) is 0.804. The van der Waals surface area contributed by atoms with Gasteiger partial charge in [0.05, 0.1) is 17.8 Å². The van der Waals surface area contributed by atoms with E-state index < -0.39 is 0 Å². The van der Waals surface area contributed by atoms with Crippen LogP contribution in [0.25, 0.3) is 0 Å². The molecule has 2 aromatic rings. The summed E-state index contributed by atoms with van der Waals surface area (Å²) in [5.41, 5.74) is 1.33. The van der Waals surface area contributed by atoms with Crippen LogP contribution in [0.15, 0.2) is 29.1 Å². The molecule has 98 valence electrons. The summed E-state index contributed by atoms with van der Waals surface area (Å²) in [7, 11) is 0. The summed E-state index contributed by atoms with van der Waals surface area (Å²) < 4.78 is 10.1. The van der Waals surface area contributed by atoms with Crippen molar-refractivity contribution in [2.75, 3.05) is 18.5 Å². The lowest BCUT2D eigenvalue weighted by molar-refractivity contribution is 0.0945. The van der Waals surface area contributed by atoms with E-state index in [4.69, 9.17) is 4.74 Å². The first kappa shape index (κ1) is 11.5. The minimum atomic E-state index is -0.231. The molecule has 1 aromatic carbocycles. The molecule has 0 unspecified atom stereocenters. The van der Waals surface area contributed by atoms with Crippen molar-refractivity contribution in [1.29, 1.82) is 0 Å². The van der Waals surface area contributed by atoms with Crippen LogP contribution in [0.1, 0.15) is 16.2 Å². The Labute approximate surface area is 109 Å². The fraction of sp³-hybridized carbons (Fsp3) is 0.250. The highest BCUT2D eigenvalue weighted by Crippen LogP contribution is 2.30. The number of nitrogens with zero attached hydrogens (tertiary/aromatic N) is 2. The van der Waals surface area contributed by atoms with Gasteiger partial charge in [-0.3, -0.25) is 4.79 Å². The predicted molar refractivity (Wildman–Crippen MR) is 65.9 cm³/mol. The number of hydrogen-bond donors (Lipinski definition) is 2. The third-order valence-corrected chi connectivity index (χ3v) is 2.74. The number of fused-ring (bicyclic) bond motifs is 1. The summed E-state index contributed by atoms with van der Waals surface area (Å²) >= 11 is 0.